The molecule has 0 radical (unpaired) electrons. The van der Waals surface area contributed by atoms with Crippen molar-refractivity contribution in [3.8, 4) is 0 Å². The number of nitro groups is 1. The van der Waals surface area contributed by atoms with E-state index >= 15 is 0 Å². The van der Waals surface area contributed by atoms with E-state index < -0.39 is 47.0 Å². The molecule has 26 heavy (non-hydrogen) atoms. The number of β-lactam (4-membered cyclic amide) rings is 1. The molecular weight excluding hydrogens is 346 g/mol. The van der Waals surface area contributed by atoms with Gasteiger partial charge >= 0.3 is 5.97 Å². The molecule has 0 spiro atoms. The number of azide groups is 1. The Balaban J connectivity index is 1.83. The summed E-state index contributed by atoms with van der Waals surface area (Å²) in [6.07, 6.45) is -0.497. The number of nitro benzene ring substituents is 1. The Labute approximate surface area is 147 Å². The fourth-order valence-electron chi connectivity index (χ4n) is 2.41. The zero-order valence-corrected chi connectivity index (χ0v) is 13.7. The second kappa shape index (κ2) is 8.08. The highest BCUT2D eigenvalue weighted by molar-refractivity contribution is 5.99. The van der Waals surface area contributed by atoms with Crippen LogP contribution in [0.4, 0.5) is 5.69 Å². The van der Waals surface area contributed by atoms with Gasteiger partial charge in [-0.2, -0.15) is 0 Å². The van der Waals surface area contributed by atoms with E-state index in [-0.39, 0.29) is 12.3 Å². The smallest absolute Gasteiger partial charge is 0.313 e. The minimum atomic E-state index is -0.963. The van der Waals surface area contributed by atoms with Gasteiger partial charge in [0.15, 0.2) is 0 Å². The summed E-state index contributed by atoms with van der Waals surface area (Å²) >= 11 is 0. The Kier molecular flexibility index (Phi) is 5.86. The molecule has 1 N–H and O–H groups in total. The molecule has 0 aliphatic carbocycles. The number of non-ortho nitro benzene ring substituents is 1. The number of hydrogen-bond donors (Lipinski definition) is 1. The first-order chi connectivity index (χ1) is 12.3. The maximum Gasteiger partial charge on any atom is 0.313 e. The van der Waals surface area contributed by atoms with Gasteiger partial charge in [0.05, 0.1) is 11.0 Å². The number of hydrogen-bond acceptors (Lipinski definition) is 7. The molecule has 1 amide bonds. The Morgan fingerprint density at radius 1 is 1.42 bits per heavy atom. The van der Waals surface area contributed by atoms with Gasteiger partial charge < -0.3 is 10.1 Å². The third kappa shape index (κ3) is 4.33. The van der Waals surface area contributed by atoms with Crippen molar-refractivity contribution in [3.63, 3.8) is 0 Å². The fraction of sp³-hybridized carbons (Fsp3) is 0.400. The lowest BCUT2D eigenvalue weighted by Crippen LogP contribution is -2.65. The van der Waals surface area contributed by atoms with Crippen LogP contribution in [0.2, 0.25) is 0 Å². The first-order valence-corrected chi connectivity index (χ1v) is 7.59. The van der Waals surface area contributed by atoms with Crippen LogP contribution in [-0.2, 0) is 25.7 Å². The fourth-order valence-corrected chi connectivity index (χ4v) is 2.41. The van der Waals surface area contributed by atoms with E-state index in [1.54, 1.807) is 0 Å². The zero-order valence-electron chi connectivity index (χ0n) is 13.7. The molecule has 0 saturated carbocycles. The van der Waals surface area contributed by atoms with E-state index in [1.807, 2.05) is 0 Å². The van der Waals surface area contributed by atoms with Gasteiger partial charge in [-0.15, -0.1) is 0 Å². The summed E-state index contributed by atoms with van der Waals surface area (Å²) in [6, 6.07) is 3.86. The largest absolute Gasteiger partial charge is 0.460 e. The van der Waals surface area contributed by atoms with Crippen LogP contribution in [0, 0.1) is 16.0 Å². The second-order valence-corrected chi connectivity index (χ2v) is 5.70. The third-order valence-corrected chi connectivity index (χ3v) is 4.01. The lowest BCUT2D eigenvalue weighted by atomic mass is 9.84. The minimum Gasteiger partial charge on any atom is -0.460 e. The molecule has 1 aliphatic rings. The van der Waals surface area contributed by atoms with Crippen molar-refractivity contribution in [2.24, 2.45) is 11.0 Å². The number of Topliss-reactive ketones (excluding diaryl/α,β-unsaturated/α-hetero) is 1. The number of esters is 1. The van der Waals surface area contributed by atoms with E-state index in [0.717, 1.165) is 0 Å². The van der Waals surface area contributed by atoms with Gasteiger partial charge in [0.2, 0.25) is 5.91 Å². The highest BCUT2D eigenvalue weighted by atomic mass is 16.6. The van der Waals surface area contributed by atoms with E-state index in [0.29, 0.717) is 5.56 Å². The molecule has 136 valence electrons. The average Bonchev–Trinajstić information content (AvgIpc) is 2.62. The molecule has 2 rings (SSSR count). The Hall–Kier alpha value is -3.46. The third-order valence-electron chi connectivity index (χ3n) is 4.01. The molecule has 11 heteroatoms. The van der Waals surface area contributed by atoms with Crippen LogP contribution in [-0.4, -0.2) is 34.7 Å². The summed E-state index contributed by atoms with van der Waals surface area (Å²) in [4.78, 5) is 47.8. The van der Waals surface area contributed by atoms with Crippen molar-refractivity contribution in [3.05, 3.63) is 50.4 Å². The minimum absolute atomic E-state index is 0.0822. The van der Waals surface area contributed by atoms with Crippen LogP contribution < -0.4 is 5.32 Å². The molecule has 1 aromatic rings. The number of carbonyl (C=O) groups excluding carboxylic acids is 3. The quantitative estimate of drug-likeness (QED) is 0.107. The normalized spacial score (nSPS) is 19.3. The highest BCUT2D eigenvalue weighted by Crippen LogP contribution is 2.21. The number of ketones is 1. The van der Waals surface area contributed by atoms with Crippen molar-refractivity contribution in [1.29, 1.82) is 0 Å². The molecule has 1 fully saturated rings. The van der Waals surface area contributed by atoms with Gasteiger partial charge in [0.1, 0.15) is 24.9 Å². The molecule has 1 aromatic carbocycles. The summed E-state index contributed by atoms with van der Waals surface area (Å²) in [6.45, 7) is 1.40. The maximum absolute atomic E-state index is 12.1. The number of ether oxygens (including phenoxy) is 1. The molecule has 0 aromatic heterocycles. The van der Waals surface area contributed by atoms with E-state index in [1.165, 1.54) is 31.2 Å². The van der Waals surface area contributed by atoms with Crippen molar-refractivity contribution >= 4 is 23.3 Å². The number of nitrogens with one attached hydrogen (secondary N) is 1. The number of rotatable bonds is 8. The Morgan fingerprint density at radius 3 is 2.62 bits per heavy atom. The first kappa shape index (κ1) is 18.9. The molecule has 11 nitrogen and oxygen atoms in total. The second-order valence-electron chi connectivity index (χ2n) is 5.70. The van der Waals surface area contributed by atoms with Crippen molar-refractivity contribution in [2.45, 2.75) is 32.0 Å². The monoisotopic (exact) mass is 361 g/mol. The van der Waals surface area contributed by atoms with E-state index in [9.17, 15) is 24.5 Å². The highest BCUT2D eigenvalue weighted by Gasteiger charge is 2.44. The zero-order chi connectivity index (χ0) is 19.3. The molecule has 0 bridgehead atoms. The molecular formula is C15H15N5O6. The Morgan fingerprint density at radius 2 is 2.08 bits per heavy atom. The summed E-state index contributed by atoms with van der Waals surface area (Å²) < 4.78 is 4.98. The topological polar surface area (TPSA) is 164 Å². The van der Waals surface area contributed by atoms with Crippen LogP contribution in [0.1, 0.15) is 18.9 Å². The van der Waals surface area contributed by atoms with E-state index in [4.69, 9.17) is 10.3 Å². The standard InChI is InChI=1S/C15H15N5O6/c1-8(13-14(18-19-16)15(23)17-13)11(21)6-12(22)26-7-9-2-4-10(5-3-9)20(24)25/h2-5,8,13-14H,6-7H2,1H3,(H,17,23)/t8-,13-,14+/m1/s1. The number of carbonyl (C=O) groups is 3. The molecule has 1 saturated heterocycles. The molecule has 3 atom stereocenters. The maximum atomic E-state index is 12.1. The van der Waals surface area contributed by atoms with Crippen molar-refractivity contribution < 1.29 is 24.0 Å². The predicted molar refractivity (Wildman–Crippen MR) is 86.5 cm³/mol. The van der Waals surface area contributed by atoms with Gasteiger partial charge in [-0.05, 0) is 23.2 Å². The number of nitrogens with zero attached hydrogens (tertiary/aromatic N) is 4. The first-order valence-electron chi connectivity index (χ1n) is 7.59. The van der Waals surface area contributed by atoms with Crippen molar-refractivity contribution in [1.82, 2.24) is 5.32 Å². The van der Waals surface area contributed by atoms with Crippen LogP contribution in [0.5, 0.6) is 0 Å². The molecule has 0 unspecified atom stereocenters. The van der Waals surface area contributed by atoms with Crippen LogP contribution in [0.15, 0.2) is 29.4 Å². The summed E-state index contributed by atoms with van der Waals surface area (Å²) in [5.41, 5.74) is 8.87. The summed E-state index contributed by atoms with van der Waals surface area (Å²) in [5, 5.41) is 16.4. The summed E-state index contributed by atoms with van der Waals surface area (Å²) in [5.74, 6) is -2.39. The van der Waals surface area contributed by atoms with Gasteiger partial charge in [-0.25, -0.2) is 0 Å². The number of amides is 1. The van der Waals surface area contributed by atoms with Crippen LogP contribution in [0.25, 0.3) is 10.4 Å². The van der Waals surface area contributed by atoms with Gasteiger partial charge in [-0.1, -0.05) is 12.0 Å². The Bertz CT molecular complexity index is 784. The van der Waals surface area contributed by atoms with Crippen molar-refractivity contribution in [2.75, 3.05) is 0 Å². The van der Waals surface area contributed by atoms with Crippen LogP contribution in [0.3, 0.4) is 0 Å². The number of benzene rings is 1. The predicted octanol–water partition coefficient (Wildman–Crippen LogP) is 1.41. The van der Waals surface area contributed by atoms with Gasteiger partial charge in [0.25, 0.3) is 5.69 Å². The lowest BCUT2D eigenvalue weighted by molar-refractivity contribution is -0.384. The van der Waals surface area contributed by atoms with Gasteiger partial charge in [-0.3, -0.25) is 24.5 Å². The SMILES string of the molecule is C[C@H](C(=O)CC(=O)OCc1ccc([N+](=O)[O-])cc1)[C@H]1NC(=O)[C@H]1N=[N+]=[N-]. The molecule has 1 aliphatic heterocycles. The summed E-state index contributed by atoms with van der Waals surface area (Å²) in [7, 11) is 0. The van der Waals surface area contributed by atoms with Gasteiger partial charge in [0, 0.05) is 23.0 Å². The average molecular weight is 361 g/mol. The molecule has 1 heterocycles. The van der Waals surface area contributed by atoms with E-state index in [2.05, 4.69) is 15.3 Å². The lowest BCUT2D eigenvalue weighted by Gasteiger charge is -2.37. The van der Waals surface area contributed by atoms with Crippen LogP contribution >= 0.6 is 0 Å².